The fraction of sp³-hybridized carbons (Fsp3) is 0.333. The van der Waals surface area contributed by atoms with Gasteiger partial charge in [-0.2, -0.15) is 0 Å². The van der Waals surface area contributed by atoms with Crippen molar-refractivity contribution in [3.8, 4) is 5.75 Å². The molecule has 0 spiro atoms. The highest BCUT2D eigenvalue weighted by Gasteiger charge is 2.05. The second-order valence-corrected chi connectivity index (χ2v) is 3.74. The van der Waals surface area contributed by atoms with Crippen molar-refractivity contribution in [2.24, 2.45) is 5.11 Å². The monoisotopic (exact) mass is 233 g/mol. The summed E-state index contributed by atoms with van der Waals surface area (Å²) in [6.07, 6.45) is -0.777. The van der Waals surface area contributed by atoms with Crippen molar-refractivity contribution in [1.29, 1.82) is 0 Å². The molecule has 0 saturated carbocycles. The minimum Gasteiger partial charge on any atom is -0.489 e. The van der Waals surface area contributed by atoms with Gasteiger partial charge in [-0.3, -0.25) is 0 Å². The molecule has 1 aromatic rings. The van der Waals surface area contributed by atoms with Gasteiger partial charge in [-0.1, -0.05) is 23.8 Å². The van der Waals surface area contributed by atoms with E-state index in [1.54, 1.807) is 24.3 Å². The van der Waals surface area contributed by atoms with Crippen LogP contribution in [0.2, 0.25) is 0 Å². The Morgan fingerprint density at radius 2 is 2.18 bits per heavy atom. The van der Waals surface area contributed by atoms with Crippen LogP contribution in [0.25, 0.3) is 10.4 Å². The highest BCUT2D eigenvalue weighted by molar-refractivity contribution is 5.29. The molecule has 1 atom stereocenters. The van der Waals surface area contributed by atoms with Crippen molar-refractivity contribution >= 4 is 0 Å². The molecule has 1 N–H and O–H groups in total. The molecule has 5 nitrogen and oxygen atoms in total. The van der Waals surface area contributed by atoms with E-state index in [4.69, 9.17) is 10.3 Å². The van der Waals surface area contributed by atoms with Crippen molar-refractivity contribution in [3.05, 3.63) is 52.4 Å². The summed E-state index contributed by atoms with van der Waals surface area (Å²) in [6.45, 7) is 6.13. The third-order valence-electron chi connectivity index (χ3n) is 2.07. The molecule has 17 heavy (non-hydrogen) atoms. The van der Waals surface area contributed by atoms with Crippen LogP contribution in [0.15, 0.2) is 41.5 Å². The van der Waals surface area contributed by atoms with E-state index >= 15 is 0 Å². The van der Waals surface area contributed by atoms with Crippen molar-refractivity contribution in [2.45, 2.75) is 13.0 Å². The van der Waals surface area contributed by atoms with Gasteiger partial charge in [-0.25, -0.2) is 0 Å². The molecule has 0 radical (unpaired) electrons. The van der Waals surface area contributed by atoms with Crippen LogP contribution in [-0.2, 0) is 0 Å². The summed E-state index contributed by atoms with van der Waals surface area (Å²) < 4.78 is 5.42. The van der Waals surface area contributed by atoms with Crippen LogP contribution in [0.4, 0.5) is 0 Å². The SMILES string of the molecule is C=C(C)COc1ccc(C(O)CN=[N+]=[N-])cc1. The zero-order valence-corrected chi connectivity index (χ0v) is 9.71. The van der Waals surface area contributed by atoms with Gasteiger partial charge in [0.1, 0.15) is 12.4 Å². The Balaban J connectivity index is 2.60. The number of hydrogen-bond acceptors (Lipinski definition) is 3. The zero-order valence-electron chi connectivity index (χ0n) is 9.71. The Morgan fingerprint density at radius 3 is 2.71 bits per heavy atom. The maximum Gasteiger partial charge on any atom is 0.119 e. The predicted octanol–water partition coefficient (Wildman–Crippen LogP) is 2.99. The molecule has 0 heterocycles. The van der Waals surface area contributed by atoms with Gasteiger partial charge >= 0.3 is 0 Å². The maximum absolute atomic E-state index is 9.64. The summed E-state index contributed by atoms with van der Waals surface area (Å²) in [4.78, 5) is 2.60. The quantitative estimate of drug-likeness (QED) is 0.355. The Bertz CT molecular complexity index is 422. The summed E-state index contributed by atoms with van der Waals surface area (Å²) in [5.74, 6) is 0.715. The van der Waals surface area contributed by atoms with E-state index in [-0.39, 0.29) is 6.54 Å². The van der Waals surface area contributed by atoms with Gasteiger partial charge in [-0.15, -0.1) is 0 Å². The van der Waals surface area contributed by atoms with Gasteiger partial charge in [0.15, 0.2) is 0 Å². The van der Waals surface area contributed by atoms with Crippen LogP contribution in [0, 0.1) is 0 Å². The molecule has 0 amide bonds. The number of ether oxygens (including phenoxy) is 1. The minimum absolute atomic E-state index is 0.0302. The van der Waals surface area contributed by atoms with E-state index in [1.165, 1.54) is 0 Å². The molecule has 90 valence electrons. The van der Waals surface area contributed by atoms with Crippen molar-refractivity contribution in [3.63, 3.8) is 0 Å². The first kappa shape index (κ1) is 13.1. The summed E-state index contributed by atoms with van der Waals surface area (Å²) in [5, 5.41) is 13.0. The second-order valence-electron chi connectivity index (χ2n) is 3.74. The molecular formula is C12H15N3O2. The molecule has 5 heteroatoms. The lowest BCUT2D eigenvalue weighted by Crippen LogP contribution is -2.01. The Kier molecular flexibility index (Phi) is 5.07. The first-order valence-electron chi connectivity index (χ1n) is 5.19. The molecule has 0 aliphatic heterocycles. The number of nitrogens with zero attached hydrogens (tertiary/aromatic N) is 3. The van der Waals surface area contributed by atoms with Crippen molar-refractivity contribution in [2.75, 3.05) is 13.2 Å². The fourth-order valence-corrected chi connectivity index (χ4v) is 1.21. The van der Waals surface area contributed by atoms with Gasteiger partial charge in [-0.05, 0) is 35.7 Å². The first-order valence-corrected chi connectivity index (χ1v) is 5.19. The topological polar surface area (TPSA) is 78.2 Å². The van der Waals surface area contributed by atoms with Gasteiger partial charge in [0.25, 0.3) is 0 Å². The molecule has 1 aromatic carbocycles. The highest BCUT2D eigenvalue weighted by Crippen LogP contribution is 2.18. The van der Waals surface area contributed by atoms with Gasteiger partial charge in [0.05, 0.1) is 12.6 Å². The van der Waals surface area contributed by atoms with E-state index < -0.39 is 6.10 Å². The molecular weight excluding hydrogens is 218 g/mol. The van der Waals surface area contributed by atoms with E-state index in [1.807, 2.05) is 6.92 Å². The molecule has 0 aliphatic carbocycles. The molecule has 1 unspecified atom stereocenters. The lowest BCUT2D eigenvalue weighted by atomic mass is 10.1. The molecule has 0 aromatic heterocycles. The average molecular weight is 233 g/mol. The predicted molar refractivity (Wildman–Crippen MR) is 65.7 cm³/mol. The third-order valence-corrected chi connectivity index (χ3v) is 2.07. The number of aliphatic hydroxyl groups excluding tert-OH is 1. The van der Waals surface area contributed by atoms with Crippen LogP contribution in [0.1, 0.15) is 18.6 Å². The van der Waals surface area contributed by atoms with E-state index in [2.05, 4.69) is 16.6 Å². The second kappa shape index (κ2) is 6.58. The summed E-state index contributed by atoms with van der Waals surface area (Å²) in [6, 6.07) is 7.01. The summed E-state index contributed by atoms with van der Waals surface area (Å²) >= 11 is 0. The smallest absolute Gasteiger partial charge is 0.119 e. The summed E-state index contributed by atoms with van der Waals surface area (Å²) in [7, 11) is 0. The van der Waals surface area contributed by atoms with E-state index in [0.29, 0.717) is 17.9 Å². The number of hydrogen-bond donors (Lipinski definition) is 1. The standard InChI is InChI=1S/C12H15N3O2/c1-9(2)8-17-11-5-3-10(4-6-11)12(16)7-14-15-13/h3-6,12,16H,1,7-8H2,2H3. The number of azide groups is 1. The van der Waals surface area contributed by atoms with E-state index in [0.717, 1.165) is 5.57 Å². The average Bonchev–Trinajstić information content (AvgIpc) is 2.34. The molecule has 0 fully saturated rings. The highest BCUT2D eigenvalue weighted by atomic mass is 16.5. The number of benzene rings is 1. The van der Waals surface area contributed by atoms with Crippen LogP contribution < -0.4 is 4.74 Å². The Hall–Kier alpha value is -1.97. The van der Waals surface area contributed by atoms with Crippen LogP contribution >= 0.6 is 0 Å². The van der Waals surface area contributed by atoms with Gasteiger partial charge in [0, 0.05) is 4.91 Å². The van der Waals surface area contributed by atoms with Crippen molar-refractivity contribution < 1.29 is 9.84 Å². The molecule has 0 aliphatic rings. The van der Waals surface area contributed by atoms with Crippen LogP contribution in [0.3, 0.4) is 0 Å². The van der Waals surface area contributed by atoms with Crippen LogP contribution in [-0.4, -0.2) is 18.3 Å². The van der Waals surface area contributed by atoms with E-state index in [9.17, 15) is 5.11 Å². The maximum atomic E-state index is 9.64. The van der Waals surface area contributed by atoms with Crippen LogP contribution in [0.5, 0.6) is 5.75 Å². The first-order chi connectivity index (χ1) is 8.13. The minimum atomic E-state index is -0.777. The van der Waals surface area contributed by atoms with Gasteiger partial charge < -0.3 is 9.84 Å². The lowest BCUT2D eigenvalue weighted by molar-refractivity contribution is 0.186. The zero-order chi connectivity index (χ0) is 12.7. The number of rotatable bonds is 6. The summed E-state index contributed by atoms with van der Waals surface area (Å²) in [5.41, 5.74) is 9.78. The van der Waals surface area contributed by atoms with Crippen molar-refractivity contribution in [1.82, 2.24) is 0 Å². The fourth-order valence-electron chi connectivity index (χ4n) is 1.21. The molecule has 0 bridgehead atoms. The third kappa shape index (κ3) is 4.59. The number of aliphatic hydroxyl groups is 1. The normalized spacial score (nSPS) is 11.4. The lowest BCUT2D eigenvalue weighted by Gasteiger charge is -2.09. The molecule has 0 saturated heterocycles. The van der Waals surface area contributed by atoms with Gasteiger partial charge in [0.2, 0.25) is 0 Å². The largest absolute Gasteiger partial charge is 0.489 e. The molecule has 1 rings (SSSR count). The Labute approximate surface area is 100.0 Å². The Morgan fingerprint density at radius 1 is 1.53 bits per heavy atom.